The standard InChI is InChI=1S/C9H22N2O3/c1-7-11(5)14-9(12-6)13-8(2)10(3)4/h8-9H,7H2,1-6H3. The maximum absolute atomic E-state index is 5.47. The first-order valence-electron chi connectivity index (χ1n) is 4.73. The van der Waals surface area contributed by atoms with E-state index in [0.717, 1.165) is 6.54 Å². The van der Waals surface area contributed by atoms with Crippen molar-refractivity contribution in [3.05, 3.63) is 0 Å². The smallest absolute Gasteiger partial charge is 0.289 e. The van der Waals surface area contributed by atoms with Crippen LogP contribution in [0, 0.1) is 0 Å². The first-order valence-corrected chi connectivity index (χ1v) is 4.73. The summed E-state index contributed by atoms with van der Waals surface area (Å²) < 4.78 is 10.5. The molecule has 0 saturated heterocycles. The second kappa shape index (κ2) is 7.14. The quantitative estimate of drug-likeness (QED) is 0.453. The predicted octanol–water partition coefficient (Wildman–Crippen LogP) is 0.724. The fourth-order valence-corrected chi connectivity index (χ4v) is 0.627. The Morgan fingerprint density at radius 1 is 1.21 bits per heavy atom. The van der Waals surface area contributed by atoms with Gasteiger partial charge in [0, 0.05) is 20.7 Å². The number of methoxy groups -OCH3 is 1. The molecule has 0 aliphatic heterocycles. The van der Waals surface area contributed by atoms with Gasteiger partial charge >= 0.3 is 0 Å². The van der Waals surface area contributed by atoms with E-state index in [1.54, 1.807) is 12.2 Å². The van der Waals surface area contributed by atoms with E-state index in [1.165, 1.54) is 0 Å². The molecule has 0 radical (unpaired) electrons. The van der Waals surface area contributed by atoms with Crippen LogP contribution < -0.4 is 0 Å². The molecule has 0 rings (SSSR count). The van der Waals surface area contributed by atoms with E-state index in [9.17, 15) is 0 Å². The van der Waals surface area contributed by atoms with Gasteiger partial charge in [0.1, 0.15) is 6.23 Å². The van der Waals surface area contributed by atoms with Crippen molar-refractivity contribution in [2.75, 3.05) is 34.8 Å². The molecule has 2 unspecified atom stereocenters. The van der Waals surface area contributed by atoms with Gasteiger partial charge in [-0.2, -0.15) is 5.06 Å². The summed E-state index contributed by atoms with van der Waals surface area (Å²) in [4.78, 5) is 7.26. The highest BCUT2D eigenvalue weighted by Crippen LogP contribution is 2.04. The van der Waals surface area contributed by atoms with Crippen LogP contribution in [0.1, 0.15) is 13.8 Å². The molecule has 0 aromatic rings. The minimum atomic E-state index is -0.655. The minimum Gasteiger partial charge on any atom is -0.332 e. The maximum atomic E-state index is 5.47. The van der Waals surface area contributed by atoms with Crippen LogP contribution in [0.3, 0.4) is 0 Å². The molecule has 0 aliphatic carbocycles. The predicted molar refractivity (Wildman–Crippen MR) is 54.4 cm³/mol. The molecule has 5 heteroatoms. The number of ether oxygens (including phenoxy) is 2. The van der Waals surface area contributed by atoms with E-state index in [2.05, 4.69) is 0 Å². The molecule has 0 aromatic heterocycles. The molecule has 86 valence electrons. The number of hydroxylamine groups is 2. The van der Waals surface area contributed by atoms with Gasteiger partial charge in [0.25, 0.3) is 6.48 Å². The summed E-state index contributed by atoms with van der Waals surface area (Å²) in [5, 5.41) is 1.66. The molecule has 0 heterocycles. The second-order valence-electron chi connectivity index (χ2n) is 3.27. The fourth-order valence-electron chi connectivity index (χ4n) is 0.627. The summed E-state index contributed by atoms with van der Waals surface area (Å²) in [5.41, 5.74) is 0. The minimum absolute atomic E-state index is 0.0507. The number of hydrogen-bond acceptors (Lipinski definition) is 5. The Balaban J connectivity index is 3.89. The van der Waals surface area contributed by atoms with Crippen molar-refractivity contribution in [2.45, 2.75) is 26.6 Å². The molecule has 0 saturated carbocycles. The molecule has 14 heavy (non-hydrogen) atoms. The highest BCUT2D eigenvalue weighted by Gasteiger charge is 2.16. The highest BCUT2D eigenvalue weighted by molar-refractivity contribution is 4.43. The summed E-state index contributed by atoms with van der Waals surface area (Å²) in [5.74, 6) is 0. The monoisotopic (exact) mass is 206 g/mol. The van der Waals surface area contributed by atoms with Crippen LogP contribution in [0.25, 0.3) is 0 Å². The van der Waals surface area contributed by atoms with E-state index < -0.39 is 6.48 Å². The highest BCUT2D eigenvalue weighted by atomic mass is 16.9. The summed E-state index contributed by atoms with van der Waals surface area (Å²) in [6.45, 7) is 4.04. The largest absolute Gasteiger partial charge is 0.332 e. The van der Waals surface area contributed by atoms with Crippen LogP contribution in [0.5, 0.6) is 0 Å². The zero-order valence-corrected chi connectivity index (χ0v) is 9.98. The summed E-state index contributed by atoms with van der Waals surface area (Å²) in [7, 11) is 7.24. The SMILES string of the molecule is CCN(C)OC(OC)OC(C)N(C)C. The van der Waals surface area contributed by atoms with Crippen molar-refractivity contribution in [1.82, 2.24) is 9.96 Å². The van der Waals surface area contributed by atoms with Crippen molar-refractivity contribution >= 4 is 0 Å². The fraction of sp³-hybridized carbons (Fsp3) is 1.00. The Morgan fingerprint density at radius 3 is 2.14 bits per heavy atom. The topological polar surface area (TPSA) is 34.2 Å². The molecular formula is C9H22N2O3. The van der Waals surface area contributed by atoms with E-state index in [1.807, 2.05) is 39.9 Å². The first-order chi connectivity index (χ1) is 6.51. The van der Waals surface area contributed by atoms with Crippen LogP contribution in [0.2, 0.25) is 0 Å². The first kappa shape index (κ1) is 13.8. The lowest BCUT2D eigenvalue weighted by molar-refractivity contribution is -0.377. The molecule has 0 spiro atoms. The van der Waals surface area contributed by atoms with Crippen LogP contribution in [-0.4, -0.2) is 57.5 Å². The lowest BCUT2D eigenvalue weighted by atomic mass is 10.6. The molecule has 0 aliphatic rings. The molecule has 0 fully saturated rings. The Labute approximate surface area is 86.5 Å². The van der Waals surface area contributed by atoms with E-state index in [4.69, 9.17) is 14.3 Å². The van der Waals surface area contributed by atoms with Crippen LogP contribution in [0.15, 0.2) is 0 Å². The molecule has 0 aromatic carbocycles. The van der Waals surface area contributed by atoms with Gasteiger partial charge in [0.2, 0.25) is 0 Å². The lowest BCUT2D eigenvalue weighted by Crippen LogP contribution is -2.37. The molecule has 5 nitrogen and oxygen atoms in total. The maximum Gasteiger partial charge on any atom is 0.289 e. The number of rotatable bonds is 7. The van der Waals surface area contributed by atoms with Gasteiger partial charge in [0.05, 0.1) is 0 Å². The van der Waals surface area contributed by atoms with Crippen molar-refractivity contribution < 1.29 is 14.3 Å². The van der Waals surface area contributed by atoms with Gasteiger partial charge in [0.15, 0.2) is 0 Å². The van der Waals surface area contributed by atoms with Gasteiger partial charge in [-0.1, -0.05) is 6.92 Å². The number of hydrogen-bond donors (Lipinski definition) is 0. The Kier molecular flexibility index (Phi) is 7.04. The average Bonchev–Trinajstić information content (AvgIpc) is 2.16. The molecule has 0 amide bonds. The van der Waals surface area contributed by atoms with Crippen LogP contribution >= 0.6 is 0 Å². The third-order valence-electron chi connectivity index (χ3n) is 1.94. The molecule has 0 bridgehead atoms. The molecular weight excluding hydrogens is 184 g/mol. The zero-order chi connectivity index (χ0) is 11.1. The zero-order valence-electron chi connectivity index (χ0n) is 9.98. The summed E-state index contributed by atoms with van der Waals surface area (Å²) in [6, 6.07) is 0. The van der Waals surface area contributed by atoms with Gasteiger partial charge in [-0.15, -0.1) is 0 Å². The van der Waals surface area contributed by atoms with Crippen LogP contribution in [0.4, 0.5) is 0 Å². The van der Waals surface area contributed by atoms with Gasteiger partial charge < -0.3 is 9.47 Å². The Bertz CT molecular complexity index is 144. The normalized spacial score (nSPS) is 16.3. The van der Waals surface area contributed by atoms with Crippen molar-refractivity contribution in [2.24, 2.45) is 0 Å². The van der Waals surface area contributed by atoms with Crippen molar-refractivity contribution in [1.29, 1.82) is 0 Å². The van der Waals surface area contributed by atoms with Gasteiger partial charge in [-0.25, -0.2) is 4.84 Å². The van der Waals surface area contributed by atoms with Crippen molar-refractivity contribution in [3.63, 3.8) is 0 Å². The second-order valence-corrected chi connectivity index (χ2v) is 3.27. The van der Waals surface area contributed by atoms with Gasteiger partial charge in [-0.05, 0) is 21.0 Å². The molecule has 2 atom stereocenters. The average molecular weight is 206 g/mol. The van der Waals surface area contributed by atoms with E-state index in [-0.39, 0.29) is 6.23 Å². The molecule has 0 N–H and O–H groups in total. The van der Waals surface area contributed by atoms with Gasteiger partial charge in [-0.3, -0.25) is 4.90 Å². The van der Waals surface area contributed by atoms with E-state index >= 15 is 0 Å². The Morgan fingerprint density at radius 2 is 1.79 bits per heavy atom. The lowest BCUT2D eigenvalue weighted by Gasteiger charge is -2.27. The third kappa shape index (κ3) is 5.51. The van der Waals surface area contributed by atoms with Crippen LogP contribution in [-0.2, 0) is 14.3 Å². The summed E-state index contributed by atoms with van der Waals surface area (Å²) in [6.07, 6.45) is -0.0507. The third-order valence-corrected chi connectivity index (χ3v) is 1.94. The number of nitrogens with zero attached hydrogens (tertiary/aromatic N) is 2. The summed E-state index contributed by atoms with van der Waals surface area (Å²) >= 11 is 0. The Hall–Kier alpha value is -0.200. The van der Waals surface area contributed by atoms with E-state index in [0.29, 0.717) is 0 Å². The van der Waals surface area contributed by atoms with Crippen molar-refractivity contribution in [3.8, 4) is 0 Å².